The van der Waals surface area contributed by atoms with Gasteiger partial charge in [0, 0.05) is 29.1 Å². The summed E-state index contributed by atoms with van der Waals surface area (Å²) in [6.45, 7) is 9.69. The average molecular weight is 334 g/mol. The lowest BCUT2D eigenvalue weighted by Crippen LogP contribution is -2.32. The molecule has 0 radical (unpaired) electrons. The Morgan fingerprint density at radius 2 is 2.06 bits per heavy atom. The summed E-state index contributed by atoms with van der Waals surface area (Å²) < 4.78 is 1.11. The van der Waals surface area contributed by atoms with Crippen LogP contribution in [0.5, 0.6) is 0 Å². The van der Waals surface area contributed by atoms with E-state index in [1.54, 1.807) is 0 Å². The summed E-state index contributed by atoms with van der Waals surface area (Å²) in [7, 11) is 0. The molecule has 4 heteroatoms. The Hall–Kier alpha value is -0.0900. The molecule has 0 unspecified atom stereocenters. The van der Waals surface area contributed by atoms with Gasteiger partial charge in [-0.05, 0) is 43.3 Å². The van der Waals surface area contributed by atoms with Gasteiger partial charge in [-0.2, -0.15) is 0 Å². The molecule has 0 aliphatic heterocycles. The van der Waals surface area contributed by atoms with Gasteiger partial charge in [0.15, 0.2) is 0 Å². The van der Waals surface area contributed by atoms with Gasteiger partial charge in [0.05, 0.1) is 0 Å². The first-order valence-electron chi connectivity index (χ1n) is 6.54. The molecule has 0 bridgehead atoms. The standard InChI is InChI=1S/C14H22BrClN2/c1-3-8-18(4-2)9-7-17-11-12-10-13(16)5-6-14(12)15/h5-6,10,17H,3-4,7-9,11H2,1-2H3. The number of hydrogen-bond acceptors (Lipinski definition) is 2. The molecule has 0 heterocycles. The van der Waals surface area contributed by atoms with Gasteiger partial charge in [0.25, 0.3) is 0 Å². The minimum atomic E-state index is 0.788. The van der Waals surface area contributed by atoms with Crippen molar-refractivity contribution in [2.75, 3.05) is 26.2 Å². The molecule has 18 heavy (non-hydrogen) atoms. The van der Waals surface area contributed by atoms with E-state index < -0.39 is 0 Å². The second-order valence-corrected chi connectivity index (χ2v) is 5.64. The van der Waals surface area contributed by atoms with Gasteiger partial charge in [-0.1, -0.05) is 41.4 Å². The predicted molar refractivity (Wildman–Crippen MR) is 83.3 cm³/mol. The zero-order valence-electron chi connectivity index (χ0n) is 11.2. The fourth-order valence-corrected chi connectivity index (χ4v) is 2.46. The Morgan fingerprint density at radius 3 is 2.72 bits per heavy atom. The maximum absolute atomic E-state index is 5.99. The number of benzene rings is 1. The lowest BCUT2D eigenvalue weighted by Gasteiger charge is -2.19. The zero-order chi connectivity index (χ0) is 13.4. The number of rotatable bonds is 8. The Labute approximate surface area is 124 Å². The van der Waals surface area contributed by atoms with E-state index in [1.165, 1.54) is 18.5 Å². The van der Waals surface area contributed by atoms with Crippen molar-refractivity contribution in [2.24, 2.45) is 0 Å². The molecule has 1 N–H and O–H groups in total. The molecule has 2 nitrogen and oxygen atoms in total. The average Bonchev–Trinajstić information content (AvgIpc) is 2.37. The largest absolute Gasteiger partial charge is 0.311 e. The van der Waals surface area contributed by atoms with Gasteiger partial charge >= 0.3 is 0 Å². The highest BCUT2D eigenvalue weighted by molar-refractivity contribution is 9.10. The van der Waals surface area contributed by atoms with Crippen molar-refractivity contribution in [3.8, 4) is 0 Å². The van der Waals surface area contributed by atoms with Crippen LogP contribution in [0.25, 0.3) is 0 Å². The van der Waals surface area contributed by atoms with E-state index in [4.69, 9.17) is 11.6 Å². The first kappa shape index (κ1) is 16.0. The van der Waals surface area contributed by atoms with Crippen LogP contribution < -0.4 is 5.32 Å². The van der Waals surface area contributed by atoms with Crippen molar-refractivity contribution in [1.29, 1.82) is 0 Å². The summed E-state index contributed by atoms with van der Waals surface area (Å²) >= 11 is 9.53. The van der Waals surface area contributed by atoms with Crippen molar-refractivity contribution >= 4 is 27.5 Å². The minimum Gasteiger partial charge on any atom is -0.311 e. The summed E-state index contributed by atoms with van der Waals surface area (Å²) in [6, 6.07) is 5.90. The highest BCUT2D eigenvalue weighted by Crippen LogP contribution is 2.20. The van der Waals surface area contributed by atoms with Gasteiger partial charge in [0.2, 0.25) is 0 Å². The second-order valence-electron chi connectivity index (χ2n) is 4.35. The van der Waals surface area contributed by atoms with Crippen LogP contribution in [0.2, 0.25) is 5.02 Å². The smallest absolute Gasteiger partial charge is 0.0410 e. The number of nitrogens with one attached hydrogen (secondary N) is 1. The molecule has 0 spiro atoms. The van der Waals surface area contributed by atoms with E-state index in [2.05, 4.69) is 40.0 Å². The monoisotopic (exact) mass is 332 g/mol. The van der Waals surface area contributed by atoms with Crippen molar-refractivity contribution < 1.29 is 0 Å². The third-order valence-electron chi connectivity index (χ3n) is 2.92. The summed E-state index contributed by atoms with van der Waals surface area (Å²) in [6.07, 6.45) is 1.22. The first-order valence-corrected chi connectivity index (χ1v) is 7.71. The van der Waals surface area contributed by atoms with Crippen LogP contribution in [0.4, 0.5) is 0 Å². The number of likely N-dealkylation sites (N-methyl/N-ethyl adjacent to an activating group) is 1. The van der Waals surface area contributed by atoms with Crippen LogP contribution in [-0.4, -0.2) is 31.1 Å². The lowest BCUT2D eigenvalue weighted by molar-refractivity contribution is 0.287. The molecule has 102 valence electrons. The van der Waals surface area contributed by atoms with E-state index >= 15 is 0 Å². The van der Waals surface area contributed by atoms with Crippen LogP contribution in [0.3, 0.4) is 0 Å². The van der Waals surface area contributed by atoms with E-state index in [-0.39, 0.29) is 0 Å². The third kappa shape index (κ3) is 5.70. The summed E-state index contributed by atoms with van der Waals surface area (Å²) in [5.74, 6) is 0. The van der Waals surface area contributed by atoms with Gasteiger partial charge < -0.3 is 10.2 Å². The fraction of sp³-hybridized carbons (Fsp3) is 0.571. The molecule has 0 saturated carbocycles. The maximum atomic E-state index is 5.99. The summed E-state index contributed by atoms with van der Waals surface area (Å²) in [5, 5.41) is 4.25. The Kier molecular flexibility index (Phi) is 7.91. The predicted octanol–water partition coefficient (Wildman–Crippen LogP) is 3.92. The number of nitrogens with zero attached hydrogens (tertiary/aromatic N) is 1. The molecule has 0 aliphatic rings. The Balaban J connectivity index is 2.31. The van der Waals surface area contributed by atoms with Gasteiger partial charge in [-0.15, -0.1) is 0 Å². The number of halogens is 2. The van der Waals surface area contributed by atoms with E-state index in [0.717, 1.165) is 35.7 Å². The van der Waals surface area contributed by atoms with Crippen LogP contribution in [-0.2, 0) is 6.54 Å². The van der Waals surface area contributed by atoms with E-state index in [1.807, 2.05) is 18.2 Å². The van der Waals surface area contributed by atoms with Crippen LogP contribution in [0, 0.1) is 0 Å². The third-order valence-corrected chi connectivity index (χ3v) is 3.92. The van der Waals surface area contributed by atoms with Gasteiger partial charge in [-0.25, -0.2) is 0 Å². The Morgan fingerprint density at radius 1 is 1.28 bits per heavy atom. The lowest BCUT2D eigenvalue weighted by atomic mass is 10.2. The first-order chi connectivity index (χ1) is 8.67. The molecular formula is C14H22BrClN2. The van der Waals surface area contributed by atoms with Crippen molar-refractivity contribution in [3.05, 3.63) is 33.3 Å². The molecule has 0 saturated heterocycles. The molecule has 0 aromatic heterocycles. The quantitative estimate of drug-likeness (QED) is 0.725. The van der Waals surface area contributed by atoms with Crippen molar-refractivity contribution in [1.82, 2.24) is 10.2 Å². The molecular weight excluding hydrogens is 312 g/mol. The van der Waals surface area contributed by atoms with Crippen molar-refractivity contribution in [2.45, 2.75) is 26.8 Å². The second kappa shape index (κ2) is 8.92. The van der Waals surface area contributed by atoms with Gasteiger partial charge in [0.1, 0.15) is 0 Å². The fourth-order valence-electron chi connectivity index (χ4n) is 1.88. The minimum absolute atomic E-state index is 0.788. The molecule has 0 aliphatic carbocycles. The molecule has 0 amide bonds. The molecule has 1 aromatic carbocycles. The molecule has 0 atom stereocenters. The highest BCUT2D eigenvalue weighted by Gasteiger charge is 2.02. The van der Waals surface area contributed by atoms with E-state index in [0.29, 0.717) is 0 Å². The van der Waals surface area contributed by atoms with Gasteiger partial charge in [-0.3, -0.25) is 0 Å². The highest BCUT2D eigenvalue weighted by atomic mass is 79.9. The summed E-state index contributed by atoms with van der Waals surface area (Å²) in [5.41, 5.74) is 1.21. The maximum Gasteiger partial charge on any atom is 0.0410 e. The molecule has 1 aromatic rings. The van der Waals surface area contributed by atoms with Crippen LogP contribution in [0.1, 0.15) is 25.8 Å². The Bertz CT molecular complexity index is 358. The molecule has 1 rings (SSSR count). The topological polar surface area (TPSA) is 15.3 Å². The SMILES string of the molecule is CCCN(CC)CCNCc1cc(Cl)ccc1Br. The molecule has 0 fully saturated rings. The summed E-state index contributed by atoms with van der Waals surface area (Å²) in [4.78, 5) is 2.46. The van der Waals surface area contributed by atoms with Crippen LogP contribution in [0.15, 0.2) is 22.7 Å². The number of hydrogen-bond donors (Lipinski definition) is 1. The van der Waals surface area contributed by atoms with Crippen molar-refractivity contribution in [3.63, 3.8) is 0 Å². The van der Waals surface area contributed by atoms with E-state index in [9.17, 15) is 0 Å². The normalized spacial score (nSPS) is 11.2. The van der Waals surface area contributed by atoms with Crippen LogP contribution >= 0.6 is 27.5 Å². The zero-order valence-corrected chi connectivity index (χ0v) is 13.5.